The lowest BCUT2D eigenvalue weighted by atomic mass is 9.47. The summed E-state index contributed by atoms with van der Waals surface area (Å²) in [4.78, 5) is 49.5. The molecule has 1 heterocycles. The molecule has 5 rings (SSSR count). The number of ketones is 2. The van der Waals surface area contributed by atoms with Crippen molar-refractivity contribution in [3.63, 3.8) is 0 Å². The van der Waals surface area contributed by atoms with Gasteiger partial charge in [-0.1, -0.05) is 13.0 Å². The van der Waals surface area contributed by atoms with Gasteiger partial charge in [-0.15, -0.1) is 0 Å². The number of rotatable bonds is 4. The van der Waals surface area contributed by atoms with Crippen LogP contribution in [0.25, 0.3) is 0 Å². The van der Waals surface area contributed by atoms with E-state index in [1.165, 1.54) is 26.0 Å². The fourth-order valence-electron chi connectivity index (χ4n) is 7.76. The predicted octanol–water partition coefficient (Wildman–Crippen LogP) is 3.69. The highest BCUT2D eigenvalue weighted by molar-refractivity contribution is 6.02. The number of hydrogen-bond donors (Lipinski definition) is 0. The van der Waals surface area contributed by atoms with E-state index >= 15 is 4.39 Å². The van der Waals surface area contributed by atoms with Gasteiger partial charge in [0.05, 0.1) is 6.10 Å². The van der Waals surface area contributed by atoms with Crippen LogP contribution in [0.1, 0.15) is 60.8 Å². The van der Waals surface area contributed by atoms with E-state index in [-0.39, 0.29) is 18.0 Å². The molecule has 0 bridgehead atoms. The van der Waals surface area contributed by atoms with Crippen molar-refractivity contribution in [3.05, 3.63) is 35.6 Å². The summed E-state index contributed by atoms with van der Waals surface area (Å²) in [5, 5.41) is 0. The number of ether oxygens (including phenoxy) is 4. The molecule has 3 fully saturated rings. The summed E-state index contributed by atoms with van der Waals surface area (Å²) in [5.74, 6) is -3.97. The van der Waals surface area contributed by atoms with Crippen molar-refractivity contribution in [1.82, 2.24) is 0 Å². The van der Waals surface area contributed by atoms with Crippen molar-refractivity contribution in [1.29, 1.82) is 0 Å². The molecule has 0 aromatic rings. The monoisotopic (exact) mass is 516 g/mol. The smallest absolute Gasteiger partial charge is 0.308 e. The van der Waals surface area contributed by atoms with E-state index in [9.17, 15) is 19.2 Å². The zero-order valence-corrected chi connectivity index (χ0v) is 22.0. The Morgan fingerprint density at radius 1 is 1.11 bits per heavy atom. The molecule has 37 heavy (non-hydrogen) atoms. The molecular weight excluding hydrogens is 483 g/mol. The van der Waals surface area contributed by atoms with Gasteiger partial charge in [0.25, 0.3) is 0 Å². The molecule has 9 heteroatoms. The first-order valence-corrected chi connectivity index (χ1v) is 12.7. The van der Waals surface area contributed by atoms with Crippen molar-refractivity contribution >= 4 is 23.5 Å². The second-order valence-electron chi connectivity index (χ2n) is 11.8. The molecule has 1 saturated heterocycles. The maximum Gasteiger partial charge on any atom is 0.308 e. The molecule has 1 aliphatic heterocycles. The van der Waals surface area contributed by atoms with Crippen LogP contribution >= 0.6 is 0 Å². The third-order valence-electron chi connectivity index (χ3n) is 9.35. The van der Waals surface area contributed by atoms with Gasteiger partial charge in [0.2, 0.25) is 5.78 Å². The second kappa shape index (κ2) is 7.93. The molecule has 2 saturated carbocycles. The topological polar surface area (TPSA) is 105 Å². The zero-order valence-electron chi connectivity index (χ0n) is 22.0. The number of Topliss-reactive ketones (excluding diaryl/α,β-unsaturated/α-hetero) is 1. The summed E-state index contributed by atoms with van der Waals surface area (Å²) in [7, 11) is 0. The molecule has 200 valence electrons. The fraction of sp³-hybridized carbons (Fsp3) is 0.643. The Kier molecular flexibility index (Phi) is 5.57. The SMILES string of the molecule is CC(=O)OCC(=O)[C@@]12OC(C)(C)O[C@@H]1C[C@H]1[C@@H]3C=C(OC(C)=O)C4=CC(=O)C=C[C@]4(C)[C@@]3(F)CC[C@@]12C. The van der Waals surface area contributed by atoms with Crippen LogP contribution in [0.3, 0.4) is 0 Å². The van der Waals surface area contributed by atoms with Gasteiger partial charge in [-0.25, -0.2) is 4.39 Å². The normalized spacial score (nSPS) is 43.0. The first kappa shape index (κ1) is 26.0. The maximum absolute atomic E-state index is 17.5. The minimum atomic E-state index is -1.82. The van der Waals surface area contributed by atoms with Crippen molar-refractivity contribution in [3.8, 4) is 0 Å². The second-order valence-corrected chi connectivity index (χ2v) is 11.8. The van der Waals surface area contributed by atoms with Crippen molar-refractivity contribution in [2.75, 3.05) is 6.61 Å². The first-order chi connectivity index (χ1) is 17.1. The van der Waals surface area contributed by atoms with Crippen LogP contribution in [0.2, 0.25) is 0 Å². The van der Waals surface area contributed by atoms with E-state index in [2.05, 4.69) is 0 Å². The van der Waals surface area contributed by atoms with Gasteiger partial charge in [0.15, 0.2) is 23.8 Å². The molecule has 5 aliphatic rings. The highest BCUT2D eigenvalue weighted by atomic mass is 19.1. The molecule has 0 amide bonds. The average Bonchev–Trinajstić information content (AvgIpc) is 3.20. The lowest BCUT2D eigenvalue weighted by Gasteiger charge is -2.59. The van der Waals surface area contributed by atoms with Crippen LogP contribution in [0, 0.1) is 22.7 Å². The molecule has 0 aromatic carbocycles. The number of carbonyl (C=O) groups excluding carboxylic acids is 4. The Hall–Kier alpha value is -2.65. The van der Waals surface area contributed by atoms with Crippen LogP contribution in [0.5, 0.6) is 0 Å². The Balaban J connectivity index is 1.65. The Labute approximate surface area is 215 Å². The van der Waals surface area contributed by atoms with Gasteiger partial charge in [-0.2, -0.15) is 0 Å². The van der Waals surface area contributed by atoms with Gasteiger partial charge in [0, 0.05) is 36.2 Å². The highest BCUT2D eigenvalue weighted by Gasteiger charge is 2.78. The molecule has 8 nitrogen and oxygen atoms in total. The molecule has 0 aromatic heterocycles. The number of alkyl halides is 1. The van der Waals surface area contributed by atoms with Crippen molar-refractivity contribution in [2.24, 2.45) is 22.7 Å². The van der Waals surface area contributed by atoms with E-state index in [1.54, 1.807) is 32.9 Å². The predicted molar refractivity (Wildman–Crippen MR) is 127 cm³/mol. The standard InChI is InChI=1S/C28H33FO8/c1-15(30)34-14-22(33)28-23(36-24(3,4)37-28)13-18-19-12-21(35-16(2)31)20-11-17(32)7-8-25(20,5)27(19,29)10-9-26(18,28)6/h7-8,11-12,18-19,23H,9-10,13-14H2,1-6H3/t18-,19-,23+,25-,26-,27+,28+/m0/s1. The first-order valence-electron chi connectivity index (χ1n) is 12.7. The number of esters is 2. The summed E-state index contributed by atoms with van der Waals surface area (Å²) in [5.41, 5.74) is -5.02. The molecule has 0 unspecified atom stereocenters. The largest absolute Gasteiger partial charge is 0.458 e. The molecule has 0 spiro atoms. The molecule has 0 radical (unpaired) electrons. The van der Waals surface area contributed by atoms with Gasteiger partial charge in [-0.3, -0.25) is 19.2 Å². The van der Waals surface area contributed by atoms with Gasteiger partial charge in [0.1, 0.15) is 11.4 Å². The maximum atomic E-state index is 17.5. The third-order valence-corrected chi connectivity index (χ3v) is 9.35. The summed E-state index contributed by atoms with van der Waals surface area (Å²) in [6.07, 6.45) is 5.89. The van der Waals surface area contributed by atoms with E-state index in [1.807, 2.05) is 6.92 Å². The van der Waals surface area contributed by atoms with E-state index in [0.717, 1.165) is 0 Å². The summed E-state index contributed by atoms with van der Waals surface area (Å²) in [6, 6.07) is 0. The van der Waals surface area contributed by atoms with E-state index in [0.29, 0.717) is 18.4 Å². The van der Waals surface area contributed by atoms with Crippen LogP contribution in [0.15, 0.2) is 35.6 Å². The van der Waals surface area contributed by atoms with Crippen LogP contribution in [0.4, 0.5) is 4.39 Å². The van der Waals surface area contributed by atoms with Gasteiger partial charge >= 0.3 is 11.9 Å². The summed E-state index contributed by atoms with van der Waals surface area (Å²) in [6.45, 7) is 9.12. The minimum absolute atomic E-state index is 0.0694. The zero-order chi connectivity index (χ0) is 27.2. The number of carbonyl (C=O) groups is 4. The number of hydrogen-bond acceptors (Lipinski definition) is 8. The quantitative estimate of drug-likeness (QED) is 0.521. The fourth-order valence-corrected chi connectivity index (χ4v) is 7.76. The third kappa shape index (κ3) is 3.39. The highest BCUT2D eigenvalue weighted by Crippen LogP contribution is 2.72. The Bertz CT molecular complexity index is 1200. The van der Waals surface area contributed by atoms with Crippen molar-refractivity contribution in [2.45, 2.75) is 84.0 Å². The molecule has 7 atom stereocenters. The molecular formula is C28H33FO8. The lowest BCUT2D eigenvalue weighted by molar-refractivity contribution is -0.220. The Morgan fingerprint density at radius 3 is 2.46 bits per heavy atom. The summed E-state index contributed by atoms with van der Waals surface area (Å²) >= 11 is 0. The van der Waals surface area contributed by atoms with Crippen LogP contribution in [-0.2, 0) is 38.1 Å². The molecule has 4 aliphatic carbocycles. The average molecular weight is 517 g/mol. The number of fused-ring (bicyclic) bond motifs is 7. The lowest BCUT2D eigenvalue weighted by Crippen LogP contribution is -2.64. The van der Waals surface area contributed by atoms with Gasteiger partial charge in [-0.05, 0) is 64.2 Å². The van der Waals surface area contributed by atoms with E-state index in [4.69, 9.17) is 18.9 Å². The van der Waals surface area contributed by atoms with Gasteiger partial charge < -0.3 is 18.9 Å². The van der Waals surface area contributed by atoms with E-state index < -0.39 is 70.2 Å². The minimum Gasteiger partial charge on any atom is -0.458 e. The molecule has 0 N–H and O–H groups in total. The summed E-state index contributed by atoms with van der Waals surface area (Å²) < 4.78 is 40.7. The van der Waals surface area contributed by atoms with Crippen molar-refractivity contribution < 1.29 is 42.5 Å². The van der Waals surface area contributed by atoms with Crippen LogP contribution < -0.4 is 0 Å². The Morgan fingerprint density at radius 2 is 1.81 bits per heavy atom. The van der Waals surface area contributed by atoms with Crippen LogP contribution in [-0.4, -0.2) is 53.3 Å². The number of allylic oxidation sites excluding steroid dienone is 5. The number of halogens is 1.